The Morgan fingerprint density at radius 3 is 2.30 bits per heavy atom. The monoisotopic (exact) mass is 417 g/mol. The summed E-state index contributed by atoms with van der Waals surface area (Å²) in [7, 11) is 0. The fourth-order valence-electron chi connectivity index (χ4n) is 2.40. The molecule has 10 heteroatoms. The summed E-state index contributed by atoms with van der Waals surface area (Å²) in [6.45, 7) is 0.876. The number of halogens is 2. The lowest BCUT2D eigenvalue weighted by molar-refractivity contribution is -0.149. The summed E-state index contributed by atoms with van der Waals surface area (Å²) >= 11 is 11.6. The van der Waals surface area contributed by atoms with Gasteiger partial charge in [-0.15, -0.1) is 27.9 Å². The second-order valence-electron chi connectivity index (χ2n) is 5.65. The van der Waals surface area contributed by atoms with Crippen molar-refractivity contribution in [3.63, 3.8) is 0 Å². The lowest BCUT2D eigenvalue weighted by Gasteiger charge is -2.27. The summed E-state index contributed by atoms with van der Waals surface area (Å²) in [4.78, 5) is 17.7. The van der Waals surface area contributed by atoms with Gasteiger partial charge in [-0.1, -0.05) is 30.3 Å². The summed E-state index contributed by atoms with van der Waals surface area (Å²) in [6, 6.07) is 9.24. The molecule has 0 spiro atoms. The first-order valence-corrected chi connectivity index (χ1v) is 9.25. The van der Waals surface area contributed by atoms with Gasteiger partial charge in [0.2, 0.25) is 5.88 Å². The molecular formula is C17H21Cl2N3O5. The standard InChI is InChI=1S/C17H21Cl2N3O5/c18-6-8-21(9-7-19)20-13(10-12-4-2-1-3-5-12)17(26)27-22-15(24)11-14(23)16(22)25/h1-5,11,13,20,23-25H,6-10H2/t13-/m0/s1. The SMILES string of the molecule is O=C(On1c(O)cc(O)c1O)[C@H](Cc1ccccc1)NN(CCCl)CCCl. The number of aromatic hydroxyl groups is 3. The van der Waals surface area contributed by atoms with E-state index in [0.717, 1.165) is 11.6 Å². The summed E-state index contributed by atoms with van der Waals surface area (Å²) in [6.07, 6.45) is 0.273. The van der Waals surface area contributed by atoms with Gasteiger partial charge in [-0.25, -0.2) is 15.2 Å². The molecule has 2 rings (SSSR count). The third-order valence-corrected chi connectivity index (χ3v) is 4.03. The molecule has 0 aliphatic carbocycles. The van der Waals surface area contributed by atoms with Crippen LogP contribution in [0.3, 0.4) is 0 Å². The summed E-state index contributed by atoms with van der Waals surface area (Å²) in [5.41, 5.74) is 3.89. The van der Waals surface area contributed by atoms with Crippen LogP contribution in [0, 0.1) is 0 Å². The zero-order valence-corrected chi connectivity index (χ0v) is 15.9. The van der Waals surface area contributed by atoms with Gasteiger partial charge in [0.1, 0.15) is 6.04 Å². The van der Waals surface area contributed by atoms with Gasteiger partial charge in [-0.2, -0.15) is 0 Å². The van der Waals surface area contributed by atoms with Crippen LogP contribution in [-0.2, 0) is 11.2 Å². The number of hydrogen-bond acceptors (Lipinski definition) is 7. The van der Waals surface area contributed by atoms with Crippen molar-refractivity contribution in [2.45, 2.75) is 12.5 Å². The maximum atomic E-state index is 12.7. The molecule has 0 aliphatic rings. The largest absolute Gasteiger partial charge is 0.503 e. The van der Waals surface area contributed by atoms with Crippen LogP contribution < -0.4 is 10.3 Å². The number of benzene rings is 1. The summed E-state index contributed by atoms with van der Waals surface area (Å²) < 4.78 is 0.449. The van der Waals surface area contributed by atoms with Crippen molar-refractivity contribution in [1.82, 2.24) is 15.2 Å². The van der Waals surface area contributed by atoms with Crippen LogP contribution in [0.25, 0.3) is 0 Å². The molecule has 8 nitrogen and oxygen atoms in total. The lowest BCUT2D eigenvalue weighted by atomic mass is 10.1. The van der Waals surface area contributed by atoms with Gasteiger partial charge in [-0.3, -0.25) is 0 Å². The van der Waals surface area contributed by atoms with Gasteiger partial charge < -0.3 is 20.2 Å². The number of aromatic nitrogens is 1. The Kier molecular flexibility index (Phi) is 8.05. The highest BCUT2D eigenvalue weighted by molar-refractivity contribution is 6.18. The number of carbonyl (C=O) groups excluding carboxylic acids is 1. The molecule has 0 saturated heterocycles. The van der Waals surface area contributed by atoms with E-state index in [0.29, 0.717) is 29.6 Å². The van der Waals surface area contributed by atoms with E-state index in [-0.39, 0.29) is 6.42 Å². The molecule has 148 valence electrons. The second kappa shape index (κ2) is 10.3. The van der Waals surface area contributed by atoms with Crippen molar-refractivity contribution in [2.24, 2.45) is 0 Å². The molecule has 0 bridgehead atoms. The summed E-state index contributed by atoms with van der Waals surface area (Å²) in [5, 5.41) is 30.5. The molecule has 0 radical (unpaired) electrons. The normalized spacial score (nSPS) is 12.3. The third kappa shape index (κ3) is 5.93. The number of hydrazine groups is 1. The van der Waals surface area contributed by atoms with Gasteiger partial charge in [0.25, 0.3) is 5.88 Å². The van der Waals surface area contributed by atoms with Crippen molar-refractivity contribution >= 4 is 29.2 Å². The lowest BCUT2D eigenvalue weighted by Crippen LogP contribution is -2.52. The molecular weight excluding hydrogens is 397 g/mol. The molecule has 0 unspecified atom stereocenters. The number of alkyl halides is 2. The molecule has 27 heavy (non-hydrogen) atoms. The number of carbonyl (C=O) groups is 1. The minimum Gasteiger partial charge on any atom is -0.503 e. The molecule has 0 aliphatic heterocycles. The van der Waals surface area contributed by atoms with E-state index < -0.39 is 29.5 Å². The topological polar surface area (TPSA) is 107 Å². The van der Waals surface area contributed by atoms with Crippen LogP contribution in [0.1, 0.15) is 5.56 Å². The highest BCUT2D eigenvalue weighted by atomic mass is 35.5. The number of nitrogens with zero attached hydrogens (tertiary/aromatic N) is 2. The predicted molar refractivity (Wildman–Crippen MR) is 101 cm³/mol. The number of rotatable bonds is 10. The first-order chi connectivity index (χ1) is 13.0. The van der Waals surface area contributed by atoms with E-state index in [4.69, 9.17) is 28.0 Å². The van der Waals surface area contributed by atoms with E-state index in [1.54, 1.807) is 5.01 Å². The molecule has 1 aromatic heterocycles. The molecule has 0 saturated carbocycles. The van der Waals surface area contributed by atoms with Crippen LogP contribution in [0.15, 0.2) is 36.4 Å². The molecule has 0 fully saturated rings. The van der Waals surface area contributed by atoms with Gasteiger partial charge >= 0.3 is 5.97 Å². The van der Waals surface area contributed by atoms with E-state index in [1.807, 2.05) is 30.3 Å². The highest BCUT2D eigenvalue weighted by Crippen LogP contribution is 2.31. The maximum Gasteiger partial charge on any atom is 0.351 e. The zero-order valence-electron chi connectivity index (χ0n) is 14.4. The zero-order chi connectivity index (χ0) is 19.8. The van der Waals surface area contributed by atoms with Crippen LogP contribution in [0.4, 0.5) is 0 Å². The van der Waals surface area contributed by atoms with Crippen molar-refractivity contribution in [1.29, 1.82) is 0 Å². The summed E-state index contributed by atoms with van der Waals surface area (Å²) in [5.74, 6) is -2.14. The van der Waals surface area contributed by atoms with E-state index in [9.17, 15) is 20.1 Å². The smallest absolute Gasteiger partial charge is 0.351 e. The van der Waals surface area contributed by atoms with E-state index >= 15 is 0 Å². The molecule has 0 amide bonds. The molecule has 1 heterocycles. The highest BCUT2D eigenvalue weighted by Gasteiger charge is 2.26. The van der Waals surface area contributed by atoms with Crippen molar-refractivity contribution < 1.29 is 25.0 Å². The Morgan fingerprint density at radius 1 is 1.15 bits per heavy atom. The van der Waals surface area contributed by atoms with Gasteiger partial charge in [0.15, 0.2) is 5.75 Å². The molecule has 1 aromatic carbocycles. The van der Waals surface area contributed by atoms with E-state index in [2.05, 4.69) is 5.43 Å². The Balaban J connectivity index is 2.20. The Labute approximate surface area is 166 Å². The Bertz CT molecular complexity index is 736. The fraction of sp³-hybridized carbons (Fsp3) is 0.353. The molecule has 1 atom stereocenters. The van der Waals surface area contributed by atoms with Crippen LogP contribution in [0.2, 0.25) is 0 Å². The fourth-order valence-corrected chi connectivity index (χ4v) is 2.81. The first kappa shape index (κ1) is 21.2. The predicted octanol–water partition coefficient (Wildman–Crippen LogP) is 1.46. The number of nitrogens with one attached hydrogen (secondary N) is 1. The molecule has 4 N–H and O–H groups in total. The third-order valence-electron chi connectivity index (χ3n) is 3.69. The van der Waals surface area contributed by atoms with Crippen LogP contribution in [0.5, 0.6) is 17.5 Å². The Morgan fingerprint density at radius 2 is 1.78 bits per heavy atom. The minimum atomic E-state index is -0.859. The Hall–Kier alpha value is -2.13. The van der Waals surface area contributed by atoms with Crippen LogP contribution >= 0.6 is 23.2 Å². The average Bonchev–Trinajstić information content (AvgIpc) is 2.88. The first-order valence-electron chi connectivity index (χ1n) is 8.18. The quantitative estimate of drug-likeness (QED) is 0.342. The van der Waals surface area contributed by atoms with Crippen molar-refractivity contribution in [3.8, 4) is 17.5 Å². The van der Waals surface area contributed by atoms with Crippen molar-refractivity contribution in [3.05, 3.63) is 42.0 Å². The second-order valence-corrected chi connectivity index (χ2v) is 6.41. The van der Waals surface area contributed by atoms with Gasteiger partial charge in [-0.05, 0) is 12.0 Å². The van der Waals surface area contributed by atoms with Gasteiger partial charge in [0, 0.05) is 30.9 Å². The van der Waals surface area contributed by atoms with Crippen LogP contribution in [-0.4, -0.2) is 61.9 Å². The molecule has 2 aromatic rings. The maximum absolute atomic E-state index is 12.7. The van der Waals surface area contributed by atoms with E-state index in [1.165, 1.54) is 0 Å². The minimum absolute atomic E-state index is 0.273. The average molecular weight is 418 g/mol. The van der Waals surface area contributed by atoms with Gasteiger partial charge in [0.05, 0.1) is 0 Å². The van der Waals surface area contributed by atoms with Crippen molar-refractivity contribution in [2.75, 3.05) is 24.8 Å². The number of hydrogen-bond donors (Lipinski definition) is 4.